The van der Waals surface area contributed by atoms with Crippen molar-refractivity contribution < 1.29 is 9.53 Å². The number of thioether (sulfide) groups is 2. The largest absolute Gasteiger partial charge is 0.497 e. The Morgan fingerprint density at radius 3 is 2.62 bits per heavy atom. The zero-order chi connectivity index (χ0) is 20.5. The van der Waals surface area contributed by atoms with E-state index in [0.717, 1.165) is 25.7 Å². The number of amides is 1. The molecule has 0 bridgehead atoms. The van der Waals surface area contributed by atoms with Crippen molar-refractivity contribution in [3.8, 4) is 5.75 Å². The lowest BCUT2D eigenvalue weighted by molar-refractivity contribution is -0.118. The average molecular weight is 445 g/mol. The van der Waals surface area contributed by atoms with Crippen LogP contribution in [0.2, 0.25) is 0 Å². The lowest BCUT2D eigenvalue weighted by Crippen LogP contribution is -2.21. The maximum atomic E-state index is 12.1. The van der Waals surface area contributed by atoms with Crippen LogP contribution in [0.3, 0.4) is 0 Å². The third kappa shape index (κ3) is 6.88. The molecule has 0 unspecified atom stereocenters. The molecule has 1 amide bonds. The molecule has 0 aliphatic carbocycles. The van der Waals surface area contributed by atoms with Gasteiger partial charge < -0.3 is 4.74 Å². The first kappa shape index (κ1) is 21.4. The summed E-state index contributed by atoms with van der Waals surface area (Å²) < 4.78 is 6.86. The van der Waals surface area contributed by atoms with Crippen molar-refractivity contribution in [1.82, 2.24) is 15.6 Å². The molecule has 6 nitrogen and oxygen atoms in total. The van der Waals surface area contributed by atoms with E-state index in [9.17, 15) is 4.79 Å². The Kier molecular flexibility index (Phi) is 8.09. The highest BCUT2D eigenvalue weighted by Gasteiger charge is 2.09. The monoisotopic (exact) mass is 444 g/mol. The number of carbonyl (C=O) groups excluding carboxylic acids is 1. The summed E-state index contributed by atoms with van der Waals surface area (Å²) in [6.07, 6.45) is 0. The molecule has 29 heavy (non-hydrogen) atoms. The van der Waals surface area contributed by atoms with E-state index in [1.54, 1.807) is 18.9 Å². The van der Waals surface area contributed by atoms with Crippen molar-refractivity contribution in [2.75, 3.05) is 12.9 Å². The number of rotatable bonds is 9. The molecule has 0 saturated carbocycles. The zero-order valence-corrected chi connectivity index (χ0v) is 18.4. The zero-order valence-electron chi connectivity index (χ0n) is 16.0. The topological polar surface area (TPSA) is 76.5 Å². The first-order valence-electron chi connectivity index (χ1n) is 8.74. The van der Waals surface area contributed by atoms with E-state index in [0.29, 0.717) is 5.71 Å². The molecular formula is C20H20N4O2S3. The van der Waals surface area contributed by atoms with Crippen LogP contribution in [-0.2, 0) is 10.5 Å². The summed E-state index contributed by atoms with van der Waals surface area (Å²) in [7, 11) is 1.61. The van der Waals surface area contributed by atoms with Crippen molar-refractivity contribution in [3.05, 3.63) is 65.7 Å². The van der Waals surface area contributed by atoms with Gasteiger partial charge in [-0.05, 0) is 24.6 Å². The van der Waals surface area contributed by atoms with Crippen molar-refractivity contribution in [3.63, 3.8) is 0 Å². The number of carbonyl (C=O) groups is 1. The van der Waals surface area contributed by atoms with Gasteiger partial charge in [0.1, 0.15) is 5.75 Å². The molecule has 1 N–H and O–H groups in total. The molecule has 0 radical (unpaired) electrons. The number of benzene rings is 2. The summed E-state index contributed by atoms with van der Waals surface area (Å²) in [5, 5.41) is 12.5. The molecule has 1 aromatic heterocycles. The summed E-state index contributed by atoms with van der Waals surface area (Å²) >= 11 is 4.49. The van der Waals surface area contributed by atoms with Crippen molar-refractivity contribution >= 4 is 46.5 Å². The van der Waals surface area contributed by atoms with Crippen LogP contribution in [0.25, 0.3) is 0 Å². The molecule has 3 aromatic rings. The maximum absolute atomic E-state index is 12.1. The summed E-state index contributed by atoms with van der Waals surface area (Å²) in [5.41, 5.74) is 5.42. The fourth-order valence-electron chi connectivity index (χ4n) is 2.25. The van der Waals surface area contributed by atoms with Crippen LogP contribution < -0.4 is 10.2 Å². The van der Waals surface area contributed by atoms with Gasteiger partial charge in [-0.1, -0.05) is 77.3 Å². The molecule has 0 atom stereocenters. The SMILES string of the molecule is COc1cccc(/C(C)=N\NC(=O)CSc2nnc(SCc3ccccc3)s2)c1. The van der Waals surface area contributed by atoms with Gasteiger partial charge in [0.05, 0.1) is 18.6 Å². The van der Waals surface area contributed by atoms with Gasteiger partial charge in [-0.2, -0.15) is 5.10 Å². The average Bonchev–Trinajstić information content (AvgIpc) is 3.23. The molecule has 150 valence electrons. The van der Waals surface area contributed by atoms with Gasteiger partial charge >= 0.3 is 0 Å². The highest BCUT2D eigenvalue weighted by molar-refractivity contribution is 8.03. The van der Waals surface area contributed by atoms with E-state index in [1.165, 1.54) is 28.7 Å². The van der Waals surface area contributed by atoms with Crippen molar-refractivity contribution in [1.29, 1.82) is 0 Å². The lowest BCUT2D eigenvalue weighted by Gasteiger charge is -2.04. The Morgan fingerprint density at radius 1 is 1.10 bits per heavy atom. The van der Waals surface area contributed by atoms with E-state index in [4.69, 9.17) is 4.74 Å². The smallest absolute Gasteiger partial charge is 0.250 e. The van der Waals surface area contributed by atoms with Gasteiger partial charge in [-0.3, -0.25) is 4.79 Å². The Balaban J connectivity index is 1.45. The quantitative estimate of drug-likeness (QED) is 0.298. The second-order valence-electron chi connectivity index (χ2n) is 5.86. The minimum Gasteiger partial charge on any atom is -0.497 e. The molecule has 0 saturated heterocycles. The van der Waals surface area contributed by atoms with Crippen LogP contribution in [0.5, 0.6) is 5.75 Å². The van der Waals surface area contributed by atoms with Crippen LogP contribution >= 0.6 is 34.9 Å². The minimum absolute atomic E-state index is 0.189. The Hall–Kier alpha value is -2.36. The third-order valence-corrected chi connectivity index (χ3v) is 7.02. The standard InChI is InChI=1S/C20H20N4O2S3/c1-14(16-9-6-10-17(11-16)26-2)21-22-18(25)13-28-20-24-23-19(29-20)27-12-15-7-4-3-5-8-15/h3-11H,12-13H2,1-2H3,(H,22,25)/b21-14-. The van der Waals surface area contributed by atoms with Crippen LogP contribution in [0.1, 0.15) is 18.1 Å². The highest BCUT2D eigenvalue weighted by Crippen LogP contribution is 2.30. The van der Waals surface area contributed by atoms with Gasteiger partial charge in [-0.25, -0.2) is 5.43 Å². The van der Waals surface area contributed by atoms with Gasteiger partial charge in [0.25, 0.3) is 5.91 Å². The second kappa shape index (κ2) is 11.0. The normalized spacial score (nSPS) is 11.3. The van der Waals surface area contributed by atoms with Gasteiger partial charge in [-0.15, -0.1) is 10.2 Å². The number of hydrogen-bond acceptors (Lipinski definition) is 8. The third-order valence-electron chi connectivity index (χ3n) is 3.76. The molecule has 1 heterocycles. The first-order chi connectivity index (χ1) is 14.1. The van der Waals surface area contributed by atoms with Crippen LogP contribution in [0, 0.1) is 0 Å². The summed E-state index contributed by atoms with van der Waals surface area (Å²) in [4.78, 5) is 12.1. The number of hydrazone groups is 1. The highest BCUT2D eigenvalue weighted by atomic mass is 32.2. The molecule has 0 aliphatic heterocycles. The molecule has 0 fully saturated rings. The van der Waals surface area contributed by atoms with Crippen LogP contribution in [-0.4, -0.2) is 34.7 Å². The van der Waals surface area contributed by atoms with Gasteiger partial charge in [0.15, 0.2) is 8.68 Å². The molecule has 9 heteroatoms. The summed E-state index contributed by atoms with van der Waals surface area (Å²) in [6, 6.07) is 17.7. The molecule has 3 rings (SSSR count). The summed E-state index contributed by atoms with van der Waals surface area (Å²) in [6.45, 7) is 1.84. The molecular weight excluding hydrogens is 424 g/mol. The van der Waals surface area contributed by atoms with E-state index in [-0.39, 0.29) is 11.7 Å². The van der Waals surface area contributed by atoms with E-state index in [1.807, 2.05) is 49.4 Å². The number of nitrogens with zero attached hydrogens (tertiary/aromatic N) is 3. The molecule has 0 spiro atoms. The number of methoxy groups -OCH3 is 1. The molecule has 0 aliphatic rings. The van der Waals surface area contributed by atoms with Crippen LogP contribution in [0.4, 0.5) is 0 Å². The predicted molar refractivity (Wildman–Crippen MR) is 120 cm³/mol. The minimum atomic E-state index is -0.189. The number of aromatic nitrogens is 2. The van der Waals surface area contributed by atoms with E-state index < -0.39 is 0 Å². The van der Waals surface area contributed by atoms with Crippen molar-refractivity contribution in [2.45, 2.75) is 21.4 Å². The van der Waals surface area contributed by atoms with Crippen molar-refractivity contribution in [2.24, 2.45) is 5.10 Å². The number of ether oxygens (including phenoxy) is 1. The Morgan fingerprint density at radius 2 is 1.86 bits per heavy atom. The Bertz CT molecular complexity index is 977. The predicted octanol–water partition coefficient (Wildman–Crippen LogP) is 4.47. The lowest BCUT2D eigenvalue weighted by atomic mass is 10.1. The van der Waals surface area contributed by atoms with Gasteiger partial charge in [0.2, 0.25) is 0 Å². The number of nitrogens with one attached hydrogen (secondary N) is 1. The van der Waals surface area contributed by atoms with E-state index in [2.05, 4.69) is 32.9 Å². The summed E-state index contributed by atoms with van der Waals surface area (Å²) in [5.74, 6) is 1.63. The van der Waals surface area contributed by atoms with Crippen LogP contribution in [0.15, 0.2) is 68.4 Å². The Labute approximate surface area is 182 Å². The van der Waals surface area contributed by atoms with E-state index >= 15 is 0 Å². The fraction of sp³-hybridized carbons (Fsp3) is 0.200. The fourth-order valence-corrected chi connectivity index (χ4v) is 5.02. The van der Waals surface area contributed by atoms with Gasteiger partial charge in [0, 0.05) is 11.3 Å². The molecule has 2 aromatic carbocycles. The first-order valence-corrected chi connectivity index (χ1v) is 11.5. The second-order valence-corrected chi connectivity index (χ2v) is 9.28. The number of hydrogen-bond donors (Lipinski definition) is 1. The maximum Gasteiger partial charge on any atom is 0.250 e.